The number of carboxylic acid groups (broad SMARTS) is 1. The van der Waals surface area contributed by atoms with Crippen molar-refractivity contribution in [1.29, 1.82) is 0 Å². The topological polar surface area (TPSA) is 50.2 Å². The van der Waals surface area contributed by atoms with E-state index in [4.69, 9.17) is 5.11 Å². The van der Waals surface area contributed by atoms with E-state index in [9.17, 15) is 4.79 Å². The smallest absolute Gasteiger partial charge is 0.304 e. The third-order valence-electron chi connectivity index (χ3n) is 3.57. The lowest BCUT2D eigenvalue weighted by Crippen LogP contribution is -2.32. The first-order valence-electron chi connectivity index (χ1n) is 5.85. The van der Waals surface area contributed by atoms with Gasteiger partial charge >= 0.3 is 5.97 Å². The maximum absolute atomic E-state index is 11.0. The molecule has 0 saturated heterocycles. The van der Waals surface area contributed by atoms with Crippen LogP contribution in [0.25, 0.3) is 0 Å². The van der Waals surface area contributed by atoms with Gasteiger partial charge in [-0.1, -0.05) is 25.3 Å². The zero-order valence-corrected chi connectivity index (χ0v) is 9.35. The van der Waals surface area contributed by atoms with Crippen molar-refractivity contribution in [2.75, 3.05) is 0 Å². The first-order valence-corrected chi connectivity index (χ1v) is 5.85. The van der Waals surface area contributed by atoms with Gasteiger partial charge in [0.2, 0.25) is 0 Å². The standard InChI is InChI=1S/C13H17NO2/c15-12(16)9-13(6-2-1-3-7-13)11-5-4-8-14-10-11/h4-5,8,10H,1-3,6-7,9H2,(H,15,16). The van der Waals surface area contributed by atoms with Gasteiger partial charge in [-0.05, 0) is 24.5 Å². The molecule has 1 aromatic rings. The predicted octanol–water partition coefficient (Wildman–Crippen LogP) is 2.76. The van der Waals surface area contributed by atoms with Crippen LogP contribution in [0.5, 0.6) is 0 Å². The minimum Gasteiger partial charge on any atom is -0.481 e. The highest BCUT2D eigenvalue weighted by molar-refractivity contribution is 5.69. The van der Waals surface area contributed by atoms with Gasteiger partial charge in [0.1, 0.15) is 0 Å². The van der Waals surface area contributed by atoms with E-state index in [0.29, 0.717) is 0 Å². The number of rotatable bonds is 3. The van der Waals surface area contributed by atoms with Gasteiger partial charge in [0.05, 0.1) is 6.42 Å². The third-order valence-corrected chi connectivity index (χ3v) is 3.57. The lowest BCUT2D eigenvalue weighted by atomic mass is 9.68. The molecule has 1 aliphatic carbocycles. The van der Waals surface area contributed by atoms with E-state index in [1.54, 1.807) is 6.20 Å². The van der Waals surface area contributed by atoms with Crippen LogP contribution in [0.3, 0.4) is 0 Å². The van der Waals surface area contributed by atoms with E-state index in [1.807, 2.05) is 18.3 Å². The van der Waals surface area contributed by atoms with Crippen molar-refractivity contribution in [3.8, 4) is 0 Å². The van der Waals surface area contributed by atoms with Crippen LogP contribution >= 0.6 is 0 Å². The number of hydrogen-bond donors (Lipinski definition) is 1. The summed E-state index contributed by atoms with van der Waals surface area (Å²) in [5.74, 6) is -0.703. The van der Waals surface area contributed by atoms with Gasteiger partial charge in [0, 0.05) is 17.8 Å². The summed E-state index contributed by atoms with van der Waals surface area (Å²) in [7, 11) is 0. The first kappa shape index (κ1) is 11.1. The molecule has 0 unspecified atom stereocenters. The second-order valence-electron chi connectivity index (χ2n) is 4.65. The average molecular weight is 219 g/mol. The summed E-state index contributed by atoms with van der Waals surface area (Å²) in [4.78, 5) is 15.1. The Morgan fingerprint density at radius 2 is 2.12 bits per heavy atom. The Hall–Kier alpha value is -1.38. The van der Waals surface area contributed by atoms with Crippen LogP contribution in [0.4, 0.5) is 0 Å². The molecule has 0 aliphatic heterocycles. The maximum Gasteiger partial charge on any atom is 0.304 e. The summed E-state index contributed by atoms with van der Waals surface area (Å²) in [6, 6.07) is 3.91. The van der Waals surface area contributed by atoms with Crippen molar-refractivity contribution in [1.82, 2.24) is 4.98 Å². The molecular formula is C13H17NO2. The zero-order chi connectivity index (χ0) is 11.4. The second-order valence-corrected chi connectivity index (χ2v) is 4.65. The maximum atomic E-state index is 11.0. The van der Waals surface area contributed by atoms with Crippen molar-refractivity contribution >= 4 is 5.97 Å². The minimum absolute atomic E-state index is 0.168. The van der Waals surface area contributed by atoms with E-state index >= 15 is 0 Å². The summed E-state index contributed by atoms with van der Waals surface area (Å²) in [6.07, 6.45) is 9.23. The van der Waals surface area contributed by atoms with Crippen molar-refractivity contribution in [2.45, 2.75) is 43.9 Å². The van der Waals surface area contributed by atoms with Crippen molar-refractivity contribution < 1.29 is 9.90 Å². The minimum atomic E-state index is -0.703. The first-order chi connectivity index (χ1) is 7.73. The molecule has 16 heavy (non-hydrogen) atoms. The molecule has 0 bridgehead atoms. The number of carbonyl (C=O) groups is 1. The van der Waals surface area contributed by atoms with Crippen LogP contribution in [-0.4, -0.2) is 16.1 Å². The molecule has 1 N–H and O–H groups in total. The van der Waals surface area contributed by atoms with Crippen LogP contribution in [0, 0.1) is 0 Å². The summed E-state index contributed by atoms with van der Waals surface area (Å²) < 4.78 is 0. The second kappa shape index (κ2) is 4.64. The summed E-state index contributed by atoms with van der Waals surface area (Å²) in [5, 5.41) is 9.07. The molecule has 1 saturated carbocycles. The number of carboxylic acids is 1. The fourth-order valence-electron chi connectivity index (χ4n) is 2.76. The summed E-state index contributed by atoms with van der Waals surface area (Å²) in [5.41, 5.74) is 0.926. The van der Waals surface area contributed by atoms with Gasteiger partial charge in [0.15, 0.2) is 0 Å². The number of aliphatic carboxylic acids is 1. The molecule has 86 valence electrons. The van der Waals surface area contributed by atoms with Crippen LogP contribution in [0.2, 0.25) is 0 Å². The van der Waals surface area contributed by atoms with Crippen LogP contribution < -0.4 is 0 Å². The quantitative estimate of drug-likeness (QED) is 0.850. The normalized spacial score (nSPS) is 19.2. The number of nitrogens with zero attached hydrogens (tertiary/aromatic N) is 1. The Bertz CT molecular complexity index is 355. The third kappa shape index (κ3) is 2.23. The Kier molecular flexibility index (Phi) is 3.22. The lowest BCUT2D eigenvalue weighted by molar-refractivity contribution is -0.138. The Labute approximate surface area is 95.5 Å². The highest BCUT2D eigenvalue weighted by Crippen LogP contribution is 2.41. The lowest BCUT2D eigenvalue weighted by Gasteiger charge is -2.36. The molecule has 1 aliphatic rings. The molecule has 1 fully saturated rings. The van der Waals surface area contributed by atoms with E-state index in [0.717, 1.165) is 31.2 Å². The number of hydrogen-bond acceptors (Lipinski definition) is 2. The molecule has 0 radical (unpaired) electrons. The van der Waals surface area contributed by atoms with Gasteiger partial charge in [-0.2, -0.15) is 0 Å². The van der Waals surface area contributed by atoms with Crippen molar-refractivity contribution in [3.63, 3.8) is 0 Å². The molecule has 0 spiro atoms. The van der Waals surface area contributed by atoms with Gasteiger partial charge in [-0.15, -0.1) is 0 Å². The fourth-order valence-corrected chi connectivity index (χ4v) is 2.76. The average Bonchev–Trinajstić information content (AvgIpc) is 2.30. The predicted molar refractivity (Wildman–Crippen MR) is 61.3 cm³/mol. The fraction of sp³-hybridized carbons (Fsp3) is 0.538. The van der Waals surface area contributed by atoms with Crippen molar-refractivity contribution in [3.05, 3.63) is 30.1 Å². The van der Waals surface area contributed by atoms with E-state index < -0.39 is 5.97 Å². The molecule has 0 atom stereocenters. The van der Waals surface area contributed by atoms with E-state index in [-0.39, 0.29) is 11.8 Å². The van der Waals surface area contributed by atoms with Gasteiger partial charge in [-0.3, -0.25) is 9.78 Å². The molecule has 3 nitrogen and oxygen atoms in total. The van der Waals surface area contributed by atoms with E-state index in [1.165, 1.54) is 6.42 Å². The molecule has 1 heterocycles. The van der Waals surface area contributed by atoms with E-state index in [2.05, 4.69) is 4.98 Å². The number of aromatic nitrogens is 1. The van der Waals surface area contributed by atoms with Crippen molar-refractivity contribution in [2.24, 2.45) is 0 Å². The SMILES string of the molecule is O=C(O)CC1(c2cccnc2)CCCCC1. The molecule has 3 heteroatoms. The molecular weight excluding hydrogens is 202 g/mol. The summed E-state index contributed by atoms with van der Waals surface area (Å²) in [6.45, 7) is 0. The largest absolute Gasteiger partial charge is 0.481 e. The zero-order valence-electron chi connectivity index (χ0n) is 9.35. The van der Waals surface area contributed by atoms with Crippen LogP contribution in [0.1, 0.15) is 44.1 Å². The van der Waals surface area contributed by atoms with Gasteiger partial charge in [0.25, 0.3) is 0 Å². The monoisotopic (exact) mass is 219 g/mol. The van der Waals surface area contributed by atoms with Gasteiger partial charge < -0.3 is 5.11 Å². The highest BCUT2D eigenvalue weighted by Gasteiger charge is 2.36. The Balaban J connectivity index is 2.29. The molecule has 1 aromatic heterocycles. The molecule has 2 rings (SSSR count). The van der Waals surface area contributed by atoms with Crippen LogP contribution in [0.15, 0.2) is 24.5 Å². The Morgan fingerprint density at radius 1 is 1.38 bits per heavy atom. The molecule has 0 aromatic carbocycles. The summed E-state index contributed by atoms with van der Waals surface area (Å²) >= 11 is 0. The number of pyridine rings is 1. The van der Waals surface area contributed by atoms with Crippen LogP contribution in [-0.2, 0) is 10.2 Å². The highest BCUT2D eigenvalue weighted by atomic mass is 16.4. The van der Waals surface area contributed by atoms with Gasteiger partial charge in [-0.25, -0.2) is 0 Å². The molecule has 0 amide bonds. The Morgan fingerprint density at radius 3 is 2.69 bits per heavy atom.